The van der Waals surface area contributed by atoms with Crippen LogP contribution < -0.4 is 5.32 Å². The molecule has 0 amide bonds. The highest BCUT2D eigenvalue weighted by atomic mass is 79.9. The summed E-state index contributed by atoms with van der Waals surface area (Å²) >= 11 is 3.29. The maximum atomic E-state index is 12.1. The second kappa shape index (κ2) is 5.49. The van der Waals surface area contributed by atoms with Gasteiger partial charge in [-0.1, -0.05) is 15.9 Å². The van der Waals surface area contributed by atoms with Crippen molar-refractivity contribution in [3.8, 4) is 0 Å². The smallest absolute Gasteiger partial charge is 0.182 e. The SMILES string of the molecule is Cl.O=S(=O)(c1ccc(Br)cc1)C1CCNC1. The third-order valence-electron chi connectivity index (χ3n) is 2.60. The molecule has 3 nitrogen and oxygen atoms in total. The van der Waals surface area contributed by atoms with Crippen LogP contribution in [0.3, 0.4) is 0 Å². The summed E-state index contributed by atoms with van der Waals surface area (Å²) in [4.78, 5) is 0.416. The van der Waals surface area contributed by atoms with Crippen molar-refractivity contribution in [3.63, 3.8) is 0 Å². The Kier molecular flexibility index (Phi) is 4.79. The van der Waals surface area contributed by atoms with Gasteiger partial charge in [-0.25, -0.2) is 8.42 Å². The fourth-order valence-electron chi connectivity index (χ4n) is 1.71. The van der Waals surface area contributed by atoms with Gasteiger partial charge in [-0.3, -0.25) is 0 Å². The lowest BCUT2D eigenvalue weighted by molar-refractivity contribution is 0.583. The van der Waals surface area contributed by atoms with E-state index < -0.39 is 9.84 Å². The molecular formula is C10H13BrClNO2S. The van der Waals surface area contributed by atoms with Crippen LogP contribution in [0.5, 0.6) is 0 Å². The van der Waals surface area contributed by atoms with Gasteiger partial charge >= 0.3 is 0 Å². The third kappa shape index (κ3) is 2.77. The average Bonchev–Trinajstić information content (AvgIpc) is 2.71. The lowest BCUT2D eigenvalue weighted by Gasteiger charge is -2.10. The molecule has 1 aliphatic heterocycles. The van der Waals surface area contributed by atoms with Crippen LogP contribution in [-0.4, -0.2) is 26.8 Å². The van der Waals surface area contributed by atoms with E-state index in [4.69, 9.17) is 0 Å². The van der Waals surface area contributed by atoms with Gasteiger partial charge in [-0.05, 0) is 37.2 Å². The van der Waals surface area contributed by atoms with Crippen LogP contribution in [0.4, 0.5) is 0 Å². The molecule has 1 aliphatic rings. The van der Waals surface area contributed by atoms with Gasteiger partial charge in [0.25, 0.3) is 0 Å². The molecule has 0 aliphatic carbocycles. The number of rotatable bonds is 2. The van der Waals surface area contributed by atoms with Crippen molar-refractivity contribution < 1.29 is 8.42 Å². The van der Waals surface area contributed by atoms with E-state index in [-0.39, 0.29) is 17.7 Å². The van der Waals surface area contributed by atoms with Crippen molar-refractivity contribution in [2.75, 3.05) is 13.1 Å². The summed E-state index contributed by atoms with van der Waals surface area (Å²) < 4.78 is 25.1. The van der Waals surface area contributed by atoms with Crippen LogP contribution in [0, 0.1) is 0 Å². The Labute approximate surface area is 110 Å². The molecule has 6 heteroatoms. The molecular weight excluding hydrogens is 314 g/mol. The van der Waals surface area contributed by atoms with Gasteiger partial charge in [0.2, 0.25) is 0 Å². The minimum absolute atomic E-state index is 0. The van der Waals surface area contributed by atoms with E-state index in [1.165, 1.54) is 0 Å². The second-order valence-corrected chi connectivity index (χ2v) is 6.76. The maximum Gasteiger partial charge on any atom is 0.182 e. The van der Waals surface area contributed by atoms with Gasteiger partial charge in [0.15, 0.2) is 9.84 Å². The van der Waals surface area contributed by atoms with Gasteiger partial charge in [-0.2, -0.15) is 0 Å². The number of hydrogen-bond acceptors (Lipinski definition) is 3. The number of benzene rings is 1. The molecule has 1 fully saturated rings. The molecule has 1 N–H and O–H groups in total. The highest BCUT2D eigenvalue weighted by molar-refractivity contribution is 9.10. The van der Waals surface area contributed by atoms with E-state index in [9.17, 15) is 8.42 Å². The van der Waals surface area contributed by atoms with E-state index in [0.717, 1.165) is 11.0 Å². The van der Waals surface area contributed by atoms with Gasteiger partial charge in [0, 0.05) is 11.0 Å². The van der Waals surface area contributed by atoms with Gasteiger partial charge in [0.05, 0.1) is 10.1 Å². The van der Waals surface area contributed by atoms with Crippen LogP contribution in [-0.2, 0) is 9.84 Å². The fraction of sp³-hybridized carbons (Fsp3) is 0.400. The number of hydrogen-bond donors (Lipinski definition) is 1. The van der Waals surface area contributed by atoms with E-state index >= 15 is 0 Å². The summed E-state index contributed by atoms with van der Waals surface area (Å²) in [5.74, 6) is 0. The van der Waals surface area contributed by atoms with Crippen molar-refractivity contribution in [2.45, 2.75) is 16.6 Å². The quantitative estimate of drug-likeness (QED) is 0.904. The highest BCUT2D eigenvalue weighted by Gasteiger charge is 2.29. The number of nitrogens with one attached hydrogen (secondary N) is 1. The maximum absolute atomic E-state index is 12.1. The molecule has 1 saturated heterocycles. The van der Waals surface area contributed by atoms with Crippen LogP contribution in [0.1, 0.15) is 6.42 Å². The zero-order valence-electron chi connectivity index (χ0n) is 8.52. The molecule has 0 saturated carbocycles. The zero-order valence-corrected chi connectivity index (χ0v) is 11.7. The predicted octanol–water partition coefficient (Wildman–Crippen LogP) is 2.01. The molecule has 1 heterocycles. The minimum Gasteiger partial charge on any atom is -0.315 e. The van der Waals surface area contributed by atoms with Crippen molar-refractivity contribution in [1.82, 2.24) is 5.32 Å². The Bertz CT molecular complexity index is 440. The highest BCUT2D eigenvalue weighted by Crippen LogP contribution is 2.21. The number of halogens is 2. The van der Waals surface area contributed by atoms with E-state index in [1.54, 1.807) is 24.3 Å². The topological polar surface area (TPSA) is 46.2 Å². The molecule has 1 aromatic carbocycles. The fourth-order valence-corrected chi connectivity index (χ4v) is 3.64. The summed E-state index contributed by atoms with van der Waals surface area (Å²) in [6.07, 6.45) is 0.707. The van der Waals surface area contributed by atoms with Gasteiger partial charge in [0.1, 0.15) is 0 Å². The average molecular weight is 327 g/mol. The molecule has 1 aromatic rings. The van der Waals surface area contributed by atoms with Crippen molar-refractivity contribution >= 4 is 38.2 Å². The first-order chi connectivity index (χ1) is 7.10. The summed E-state index contributed by atoms with van der Waals surface area (Å²) in [5.41, 5.74) is 0. The van der Waals surface area contributed by atoms with Crippen LogP contribution in [0.2, 0.25) is 0 Å². The lowest BCUT2D eigenvalue weighted by Crippen LogP contribution is -2.23. The lowest BCUT2D eigenvalue weighted by atomic mass is 10.4. The summed E-state index contributed by atoms with van der Waals surface area (Å²) in [6.45, 7) is 1.36. The Morgan fingerprint density at radius 2 is 1.88 bits per heavy atom. The van der Waals surface area contributed by atoms with Crippen molar-refractivity contribution in [2.24, 2.45) is 0 Å². The third-order valence-corrected chi connectivity index (χ3v) is 5.33. The van der Waals surface area contributed by atoms with Gasteiger partial charge < -0.3 is 5.32 Å². The summed E-state index contributed by atoms with van der Waals surface area (Å²) in [5, 5.41) is 2.81. The first-order valence-corrected chi connectivity index (χ1v) is 7.15. The second-order valence-electron chi connectivity index (χ2n) is 3.61. The summed E-state index contributed by atoms with van der Waals surface area (Å²) in [6, 6.07) is 6.82. The Balaban J connectivity index is 0.00000128. The Morgan fingerprint density at radius 3 is 2.38 bits per heavy atom. The number of sulfone groups is 1. The van der Waals surface area contributed by atoms with Gasteiger partial charge in [-0.15, -0.1) is 12.4 Å². The van der Waals surface area contributed by atoms with Crippen molar-refractivity contribution in [1.29, 1.82) is 0 Å². The van der Waals surface area contributed by atoms with E-state index in [2.05, 4.69) is 21.2 Å². The Hall–Kier alpha value is -0.100. The van der Waals surface area contributed by atoms with E-state index in [1.807, 2.05) is 0 Å². The van der Waals surface area contributed by atoms with E-state index in [0.29, 0.717) is 17.9 Å². The standard InChI is InChI=1S/C10H12BrNO2S.ClH/c11-8-1-3-9(4-2-8)15(13,14)10-5-6-12-7-10;/h1-4,10,12H,5-7H2;1H. The predicted molar refractivity (Wildman–Crippen MR) is 69.9 cm³/mol. The summed E-state index contributed by atoms with van der Waals surface area (Å²) in [7, 11) is -3.14. The zero-order chi connectivity index (χ0) is 10.9. The molecule has 1 unspecified atom stereocenters. The first-order valence-electron chi connectivity index (χ1n) is 4.81. The molecule has 0 aromatic heterocycles. The van der Waals surface area contributed by atoms with Crippen LogP contribution in [0.15, 0.2) is 33.6 Å². The Morgan fingerprint density at radius 1 is 1.25 bits per heavy atom. The normalized spacial score (nSPS) is 20.4. The van der Waals surface area contributed by atoms with Crippen molar-refractivity contribution in [3.05, 3.63) is 28.7 Å². The minimum atomic E-state index is -3.14. The molecule has 0 spiro atoms. The monoisotopic (exact) mass is 325 g/mol. The molecule has 90 valence electrons. The molecule has 0 radical (unpaired) electrons. The van der Waals surface area contributed by atoms with Crippen LogP contribution >= 0.6 is 28.3 Å². The van der Waals surface area contributed by atoms with Crippen LogP contribution in [0.25, 0.3) is 0 Å². The molecule has 16 heavy (non-hydrogen) atoms. The largest absolute Gasteiger partial charge is 0.315 e. The molecule has 0 bridgehead atoms. The first kappa shape index (κ1) is 14.0. The molecule has 1 atom stereocenters. The molecule has 2 rings (SSSR count).